The van der Waals surface area contributed by atoms with Crippen molar-refractivity contribution in [3.8, 4) is 0 Å². The minimum Gasteiger partial charge on any atom is -0.396 e. The van der Waals surface area contributed by atoms with Gasteiger partial charge in [0, 0.05) is 29.9 Å². The van der Waals surface area contributed by atoms with Gasteiger partial charge in [0.25, 0.3) is 0 Å². The Bertz CT molecular complexity index is 299. The summed E-state index contributed by atoms with van der Waals surface area (Å²) in [6.45, 7) is 1.46. The molecule has 0 atom stereocenters. The highest BCUT2D eigenvalue weighted by Gasteiger charge is 2.45. The lowest BCUT2D eigenvalue weighted by atomic mass is 9.76. The molecular formula is C11H19N3O3. The molecule has 17 heavy (non-hydrogen) atoms. The predicted octanol–water partition coefficient (Wildman–Crippen LogP) is 2.13. The van der Waals surface area contributed by atoms with Crippen molar-refractivity contribution in [3.05, 3.63) is 10.4 Å². The summed E-state index contributed by atoms with van der Waals surface area (Å²) in [4.78, 5) is 2.96. The van der Waals surface area contributed by atoms with Crippen LogP contribution < -0.4 is 0 Å². The van der Waals surface area contributed by atoms with E-state index in [-0.39, 0.29) is 12.1 Å². The van der Waals surface area contributed by atoms with E-state index in [9.17, 15) is 0 Å². The molecule has 96 valence electrons. The largest absolute Gasteiger partial charge is 0.396 e. The highest BCUT2D eigenvalue weighted by molar-refractivity contribution is 4.97. The molecule has 0 amide bonds. The quantitative estimate of drug-likeness (QED) is 0.464. The van der Waals surface area contributed by atoms with E-state index in [1.54, 1.807) is 0 Å². The average Bonchev–Trinajstić information content (AvgIpc) is 2.80. The zero-order chi connectivity index (χ0) is 12.2. The van der Waals surface area contributed by atoms with Crippen molar-refractivity contribution in [2.45, 2.75) is 49.9 Å². The Labute approximate surface area is 101 Å². The highest BCUT2D eigenvalue weighted by Crippen LogP contribution is 2.44. The number of aliphatic hydroxyl groups is 1. The molecule has 0 bridgehead atoms. The maximum Gasteiger partial charge on any atom is 0.168 e. The van der Waals surface area contributed by atoms with E-state index < -0.39 is 5.79 Å². The molecular weight excluding hydrogens is 222 g/mol. The van der Waals surface area contributed by atoms with Crippen molar-refractivity contribution in [2.24, 2.45) is 5.11 Å². The second kappa shape index (κ2) is 5.23. The van der Waals surface area contributed by atoms with Gasteiger partial charge in [-0.25, -0.2) is 0 Å². The van der Waals surface area contributed by atoms with Crippen LogP contribution in [0.25, 0.3) is 10.4 Å². The van der Waals surface area contributed by atoms with Gasteiger partial charge in [0.15, 0.2) is 5.79 Å². The minimum atomic E-state index is -0.423. The molecule has 6 nitrogen and oxygen atoms in total. The van der Waals surface area contributed by atoms with Gasteiger partial charge in [-0.15, -0.1) is 0 Å². The Morgan fingerprint density at radius 3 is 2.35 bits per heavy atom. The maximum absolute atomic E-state index is 8.90. The van der Waals surface area contributed by atoms with Crippen LogP contribution in [0, 0.1) is 0 Å². The average molecular weight is 241 g/mol. The van der Waals surface area contributed by atoms with Crippen molar-refractivity contribution in [2.75, 3.05) is 19.8 Å². The van der Waals surface area contributed by atoms with E-state index in [0.717, 1.165) is 32.1 Å². The zero-order valence-electron chi connectivity index (χ0n) is 9.97. The fraction of sp³-hybridized carbons (Fsp3) is 1.00. The Morgan fingerprint density at radius 2 is 1.82 bits per heavy atom. The van der Waals surface area contributed by atoms with Crippen molar-refractivity contribution in [3.63, 3.8) is 0 Å². The smallest absolute Gasteiger partial charge is 0.168 e. The molecule has 0 aromatic carbocycles. The number of nitrogens with zero attached hydrogens (tertiary/aromatic N) is 3. The molecule has 0 unspecified atom stereocenters. The van der Waals surface area contributed by atoms with E-state index in [0.29, 0.717) is 19.6 Å². The molecule has 0 aromatic rings. The van der Waals surface area contributed by atoms with Crippen molar-refractivity contribution < 1.29 is 14.6 Å². The fourth-order valence-electron chi connectivity index (χ4n) is 2.78. The predicted molar refractivity (Wildman–Crippen MR) is 61.3 cm³/mol. The Kier molecular flexibility index (Phi) is 3.89. The number of hydrogen-bond donors (Lipinski definition) is 1. The van der Waals surface area contributed by atoms with Gasteiger partial charge in [-0.05, 0) is 31.2 Å². The van der Waals surface area contributed by atoms with E-state index in [2.05, 4.69) is 10.0 Å². The lowest BCUT2D eigenvalue weighted by Gasteiger charge is -2.41. The summed E-state index contributed by atoms with van der Waals surface area (Å²) in [5.74, 6) is -0.423. The fourth-order valence-corrected chi connectivity index (χ4v) is 2.78. The van der Waals surface area contributed by atoms with Gasteiger partial charge in [-0.1, -0.05) is 5.11 Å². The van der Waals surface area contributed by atoms with Gasteiger partial charge in [0.1, 0.15) is 0 Å². The first-order chi connectivity index (χ1) is 8.24. The van der Waals surface area contributed by atoms with Crippen LogP contribution in [0.4, 0.5) is 0 Å². The normalized spacial score (nSPS) is 25.7. The lowest BCUT2D eigenvalue weighted by Crippen LogP contribution is -2.42. The molecule has 1 aliphatic heterocycles. The first-order valence-corrected chi connectivity index (χ1v) is 6.19. The Hall–Kier alpha value is -0.810. The van der Waals surface area contributed by atoms with Gasteiger partial charge in [-0.2, -0.15) is 0 Å². The molecule has 2 rings (SSSR count). The summed E-state index contributed by atoms with van der Waals surface area (Å²) >= 11 is 0. The minimum absolute atomic E-state index is 0.140. The highest BCUT2D eigenvalue weighted by atomic mass is 16.7. The van der Waals surface area contributed by atoms with Crippen LogP contribution in [-0.4, -0.2) is 36.3 Å². The number of ether oxygens (including phenoxy) is 2. The molecule has 1 aliphatic carbocycles. The summed E-state index contributed by atoms with van der Waals surface area (Å²) in [5, 5.41) is 12.9. The van der Waals surface area contributed by atoms with Crippen molar-refractivity contribution in [1.82, 2.24) is 0 Å². The van der Waals surface area contributed by atoms with Gasteiger partial charge >= 0.3 is 0 Å². The third-order valence-electron chi connectivity index (χ3n) is 3.81. The number of rotatable bonds is 4. The maximum atomic E-state index is 8.90. The first-order valence-electron chi connectivity index (χ1n) is 6.19. The van der Waals surface area contributed by atoms with Crippen LogP contribution >= 0.6 is 0 Å². The van der Waals surface area contributed by atoms with Crippen LogP contribution in [0.1, 0.15) is 38.5 Å². The second-order valence-electron chi connectivity index (χ2n) is 4.85. The van der Waals surface area contributed by atoms with Crippen LogP contribution in [0.2, 0.25) is 0 Å². The first kappa shape index (κ1) is 12.6. The van der Waals surface area contributed by atoms with Gasteiger partial charge in [-0.3, -0.25) is 0 Å². The van der Waals surface area contributed by atoms with Crippen LogP contribution in [0.3, 0.4) is 0 Å². The Morgan fingerprint density at radius 1 is 1.18 bits per heavy atom. The second-order valence-corrected chi connectivity index (χ2v) is 4.85. The van der Waals surface area contributed by atoms with Gasteiger partial charge < -0.3 is 14.6 Å². The summed E-state index contributed by atoms with van der Waals surface area (Å²) < 4.78 is 11.3. The molecule has 1 saturated carbocycles. The Balaban J connectivity index is 1.99. The molecule has 0 radical (unpaired) electrons. The summed E-state index contributed by atoms with van der Waals surface area (Å²) in [5.41, 5.74) is 8.32. The van der Waals surface area contributed by atoms with E-state index in [1.807, 2.05) is 0 Å². The number of hydrogen-bond acceptors (Lipinski definition) is 4. The van der Waals surface area contributed by atoms with E-state index in [4.69, 9.17) is 20.1 Å². The standard InChI is InChI=1S/C11H19N3O3/c12-14-13-10(2-1-7-15)3-5-11(6-4-10)16-8-9-17-11/h15H,1-9H2. The van der Waals surface area contributed by atoms with Gasteiger partial charge in [0.05, 0.1) is 13.2 Å². The van der Waals surface area contributed by atoms with Crippen molar-refractivity contribution in [1.29, 1.82) is 0 Å². The van der Waals surface area contributed by atoms with E-state index >= 15 is 0 Å². The molecule has 2 aliphatic rings. The topological polar surface area (TPSA) is 87.5 Å². The molecule has 1 heterocycles. The summed E-state index contributed by atoms with van der Waals surface area (Å²) in [6.07, 6.45) is 4.51. The molecule has 1 spiro atoms. The molecule has 1 N–H and O–H groups in total. The van der Waals surface area contributed by atoms with Crippen LogP contribution in [-0.2, 0) is 9.47 Å². The SMILES string of the molecule is [N-]=[N+]=NC1(CCCO)CCC2(CC1)OCCO2. The molecule has 6 heteroatoms. The number of azide groups is 1. The monoisotopic (exact) mass is 241 g/mol. The lowest BCUT2D eigenvalue weighted by molar-refractivity contribution is -0.184. The van der Waals surface area contributed by atoms with Crippen molar-refractivity contribution >= 4 is 0 Å². The zero-order valence-corrected chi connectivity index (χ0v) is 9.97. The summed E-state index contributed by atoms with van der Waals surface area (Å²) in [7, 11) is 0. The third-order valence-corrected chi connectivity index (χ3v) is 3.81. The van der Waals surface area contributed by atoms with Gasteiger partial charge in [0.2, 0.25) is 0 Å². The summed E-state index contributed by atoms with van der Waals surface area (Å²) in [6, 6.07) is 0. The third kappa shape index (κ3) is 2.72. The van der Waals surface area contributed by atoms with Crippen LogP contribution in [0.5, 0.6) is 0 Å². The van der Waals surface area contributed by atoms with Crippen LogP contribution in [0.15, 0.2) is 5.11 Å². The van der Waals surface area contributed by atoms with E-state index in [1.165, 1.54) is 0 Å². The molecule has 0 aromatic heterocycles. The number of aliphatic hydroxyl groups excluding tert-OH is 1. The molecule has 1 saturated heterocycles. The molecule has 2 fully saturated rings.